The maximum absolute atomic E-state index is 5.92. The lowest BCUT2D eigenvalue weighted by Gasteiger charge is -2.07. The summed E-state index contributed by atoms with van der Waals surface area (Å²) < 4.78 is 8.46. The molecule has 0 spiro atoms. The number of aromatic nitrogens is 2. The summed E-state index contributed by atoms with van der Waals surface area (Å²) in [6.07, 6.45) is 1.65. The molecule has 0 saturated heterocycles. The van der Waals surface area contributed by atoms with E-state index >= 15 is 0 Å². The molecule has 0 atom stereocenters. The van der Waals surface area contributed by atoms with Gasteiger partial charge in [-0.15, -0.1) is 0 Å². The van der Waals surface area contributed by atoms with Gasteiger partial charge in [0.05, 0.1) is 23.5 Å². The number of rotatable bonds is 4. The third kappa shape index (κ3) is 3.23. The SMILES string of the molecule is Cc1c(Cl)cnn1CCOc1cccc(Br)c1. The quantitative estimate of drug-likeness (QED) is 0.860. The van der Waals surface area contributed by atoms with Crippen molar-refractivity contribution in [3.8, 4) is 5.75 Å². The largest absolute Gasteiger partial charge is 0.492 e. The summed E-state index contributed by atoms with van der Waals surface area (Å²) in [4.78, 5) is 0. The van der Waals surface area contributed by atoms with Crippen molar-refractivity contribution in [2.45, 2.75) is 13.5 Å². The second kappa shape index (κ2) is 5.56. The molecule has 0 amide bonds. The highest BCUT2D eigenvalue weighted by Crippen LogP contribution is 2.18. The Balaban J connectivity index is 1.90. The fraction of sp³-hybridized carbons (Fsp3) is 0.250. The molecule has 1 heterocycles. The Labute approximate surface area is 113 Å². The van der Waals surface area contributed by atoms with Crippen LogP contribution in [0.15, 0.2) is 34.9 Å². The van der Waals surface area contributed by atoms with E-state index in [1.807, 2.05) is 35.9 Å². The molecule has 5 heteroatoms. The molecule has 0 aliphatic carbocycles. The molecule has 0 saturated carbocycles. The minimum absolute atomic E-state index is 0.565. The van der Waals surface area contributed by atoms with Crippen LogP contribution < -0.4 is 4.74 Å². The Kier molecular flexibility index (Phi) is 4.07. The Morgan fingerprint density at radius 2 is 2.29 bits per heavy atom. The van der Waals surface area contributed by atoms with Crippen LogP contribution in [0.5, 0.6) is 5.75 Å². The number of benzene rings is 1. The Bertz CT molecular complexity index is 513. The van der Waals surface area contributed by atoms with Gasteiger partial charge >= 0.3 is 0 Å². The molecule has 0 aliphatic heterocycles. The van der Waals surface area contributed by atoms with Gasteiger partial charge in [-0.05, 0) is 25.1 Å². The minimum Gasteiger partial charge on any atom is -0.492 e. The molecule has 3 nitrogen and oxygen atoms in total. The molecule has 2 rings (SSSR count). The van der Waals surface area contributed by atoms with Gasteiger partial charge in [-0.3, -0.25) is 4.68 Å². The second-order valence-electron chi connectivity index (χ2n) is 3.61. The first-order valence-electron chi connectivity index (χ1n) is 5.23. The molecule has 90 valence electrons. The van der Waals surface area contributed by atoms with Crippen LogP contribution >= 0.6 is 27.5 Å². The van der Waals surface area contributed by atoms with Gasteiger partial charge in [0.15, 0.2) is 0 Å². The zero-order valence-electron chi connectivity index (χ0n) is 9.36. The zero-order valence-corrected chi connectivity index (χ0v) is 11.7. The van der Waals surface area contributed by atoms with E-state index in [1.54, 1.807) is 6.20 Å². The number of halogens is 2. The van der Waals surface area contributed by atoms with Crippen LogP contribution in [0.3, 0.4) is 0 Å². The summed E-state index contributed by atoms with van der Waals surface area (Å²) in [6.45, 7) is 3.19. The molecule has 2 aromatic rings. The van der Waals surface area contributed by atoms with Crippen molar-refractivity contribution in [3.05, 3.63) is 45.7 Å². The molecule has 17 heavy (non-hydrogen) atoms. The van der Waals surface area contributed by atoms with E-state index in [0.717, 1.165) is 15.9 Å². The zero-order chi connectivity index (χ0) is 12.3. The van der Waals surface area contributed by atoms with Gasteiger partial charge in [-0.25, -0.2) is 0 Å². The van der Waals surface area contributed by atoms with Crippen LogP contribution in [-0.2, 0) is 6.54 Å². The van der Waals surface area contributed by atoms with Gasteiger partial charge in [0.1, 0.15) is 12.4 Å². The Morgan fingerprint density at radius 1 is 1.47 bits per heavy atom. The normalized spacial score (nSPS) is 10.5. The topological polar surface area (TPSA) is 27.1 Å². The number of hydrogen-bond donors (Lipinski definition) is 0. The van der Waals surface area contributed by atoms with Gasteiger partial charge in [0, 0.05) is 4.47 Å². The fourth-order valence-corrected chi connectivity index (χ4v) is 1.98. The molecule has 1 aromatic carbocycles. The predicted octanol–water partition coefficient (Wildman–Crippen LogP) is 3.69. The van der Waals surface area contributed by atoms with E-state index in [4.69, 9.17) is 16.3 Å². The molecule has 0 aliphatic rings. The molecule has 0 radical (unpaired) electrons. The summed E-state index contributed by atoms with van der Waals surface area (Å²) in [5.74, 6) is 0.843. The van der Waals surface area contributed by atoms with Gasteiger partial charge in [0.25, 0.3) is 0 Å². The highest BCUT2D eigenvalue weighted by Gasteiger charge is 2.03. The highest BCUT2D eigenvalue weighted by molar-refractivity contribution is 9.10. The predicted molar refractivity (Wildman–Crippen MR) is 71.6 cm³/mol. The van der Waals surface area contributed by atoms with Gasteiger partial charge < -0.3 is 4.74 Å². The lowest BCUT2D eigenvalue weighted by molar-refractivity contribution is 0.289. The second-order valence-corrected chi connectivity index (χ2v) is 4.93. The van der Waals surface area contributed by atoms with Crippen LogP contribution in [0.2, 0.25) is 5.02 Å². The molecule has 0 bridgehead atoms. The molecule has 0 N–H and O–H groups in total. The maximum atomic E-state index is 5.92. The van der Waals surface area contributed by atoms with Crippen molar-refractivity contribution in [2.75, 3.05) is 6.61 Å². The van der Waals surface area contributed by atoms with E-state index in [1.165, 1.54) is 0 Å². The summed E-state index contributed by atoms with van der Waals surface area (Å²) >= 11 is 9.31. The molecular formula is C12H12BrClN2O. The molecule has 0 fully saturated rings. The summed E-state index contributed by atoms with van der Waals surface area (Å²) in [5, 5.41) is 4.85. The summed E-state index contributed by atoms with van der Waals surface area (Å²) in [7, 11) is 0. The van der Waals surface area contributed by atoms with Gasteiger partial charge in [-0.2, -0.15) is 5.10 Å². The molecule has 0 unspecified atom stereocenters. The first-order valence-corrected chi connectivity index (χ1v) is 6.40. The van der Waals surface area contributed by atoms with Crippen LogP contribution in [0.1, 0.15) is 5.69 Å². The average Bonchev–Trinajstić information content (AvgIpc) is 2.61. The number of hydrogen-bond acceptors (Lipinski definition) is 2. The maximum Gasteiger partial charge on any atom is 0.120 e. The van der Waals surface area contributed by atoms with Crippen molar-refractivity contribution in [2.24, 2.45) is 0 Å². The van der Waals surface area contributed by atoms with E-state index in [0.29, 0.717) is 18.2 Å². The van der Waals surface area contributed by atoms with Crippen LogP contribution in [0.25, 0.3) is 0 Å². The lowest BCUT2D eigenvalue weighted by atomic mass is 10.3. The minimum atomic E-state index is 0.565. The van der Waals surface area contributed by atoms with Crippen molar-refractivity contribution in [3.63, 3.8) is 0 Å². The van der Waals surface area contributed by atoms with Gasteiger partial charge in [-0.1, -0.05) is 33.6 Å². The van der Waals surface area contributed by atoms with E-state index in [2.05, 4.69) is 21.0 Å². The first kappa shape index (κ1) is 12.5. The van der Waals surface area contributed by atoms with E-state index in [9.17, 15) is 0 Å². The van der Waals surface area contributed by atoms with E-state index in [-0.39, 0.29) is 0 Å². The fourth-order valence-electron chi connectivity index (χ4n) is 1.46. The standard InChI is InChI=1S/C12H12BrClN2O/c1-9-12(14)8-15-16(9)5-6-17-11-4-2-3-10(13)7-11/h2-4,7-8H,5-6H2,1H3. The third-order valence-corrected chi connectivity index (χ3v) is 3.28. The molecule has 1 aromatic heterocycles. The Morgan fingerprint density at radius 3 is 2.94 bits per heavy atom. The smallest absolute Gasteiger partial charge is 0.120 e. The van der Waals surface area contributed by atoms with Crippen molar-refractivity contribution >= 4 is 27.5 Å². The van der Waals surface area contributed by atoms with Crippen LogP contribution in [0.4, 0.5) is 0 Å². The van der Waals surface area contributed by atoms with Crippen LogP contribution in [0, 0.1) is 6.92 Å². The average molecular weight is 316 g/mol. The third-order valence-electron chi connectivity index (χ3n) is 2.41. The van der Waals surface area contributed by atoms with Crippen molar-refractivity contribution < 1.29 is 4.74 Å². The highest BCUT2D eigenvalue weighted by atomic mass is 79.9. The number of nitrogens with zero attached hydrogens (tertiary/aromatic N) is 2. The lowest BCUT2D eigenvalue weighted by Crippen LogP contribution is -2.10. The molecular weight excluding hydrogens is 304 g/mol. The van der Waals surface area contributed by atoms with Crippen LogP contribution in [-0.4, -0.2) is 16.4 Å². The van der Waals surface area contributed by atoms with E-state index < -0.39 is 0 Å². The van der Waals surface area contributed by atoms with Crippen molar-refractivity contribution in [1.29, 1.82) is 0 Å². The summed E-state index contributed by atoms with van der Waals surface area (Å²) in [5.41, 5.74) is 0.963. The first-order chi connectivity index (χ1) is 8.16. The van der Waals surface area contributed by atoms with Gasteiger partial charge in [0.2, 0.25) is 0 Å². The van der Waals surface area contributed by atoms with Crippen molar-refractivity contribution in [1.82, 2.24) is 9.78 Å². The monoisotopic (exact) mass is 314 g/mol. The number of ether oxygens (including phenoxy) is 1. The summed E-state index contributed by atoms with van der Waals surface area (Å²) in [6, 6.07) is 7.76. The Hall–Kier alpha value is -1.000.